The average molecular weight is 541 g/mol. The predicted octanol–water partition coefficient (Wildman–Crippen LogP) is 7.54. The summed E-state index contributed by atoms with van der Waals surface area (Å²) in [4.78, 5) is 16.1. The Bertz CT molecular complexity index is 1270. The smallest absolute Gasteiger partial charge is 0.416 e. The Morgan fingerprint density at radius 1 is 0.974 bits per heavy atom. The van der Waals surface area contributed by atoms with Crippen molar-refractivity contribution in [1.29, 1.82) is 0 Å². The highest BCUT2D eigenvalue weighted by atomic mass is 19.4. The van der Waals surface area contributed by atoms with Crippen LogP contribution in [0.3, 0.4) is 0 Å². The van der Waals surface area contributed by atoms with Crippen molar-refractivity contribution in [2.45, 2.75) is 56.9 Å². The molecular formula is C27H22F7NO3. The number of aromatic nitrogens is 1. The van der Waals surface area contributed by atoms with Gasteiger partial charge in [0.1, 0.15) is 11.9 Å². The fraction of sp³-hybridized carbons (Fsp3) is 0.333. The van der Waals surface area contributed by atoms with Crippen molar-refractivity contribution >= 4 is 5.97 Å². The molecule has 1 aliphatic rings. The van der Waals surface area contributed by atoms with Gasteiger partial charge in [-0.3, -0.25) is 9.78 Å². The van der Waals surface area contributed by atoms with E-state index in [9.17, 15) is 35.5 Å². The van der Waals surface area contributed by atoms with Crippen molar-refractivity contribution in [3.63, 3.8) is 0 Å². The van der Waals surface area contributed by atoms with Crippen molar-refractivity contribution in [2.75, 3.05) is 0 Å². The Kier molecular flexibility index (Phi) is 7.51. The monoisotopic (exact) mass is 541 g/mol. The molecule has 1 aromatic heterocycles. The lowest BCUT2D eigenvalue weighted by molar-refractivity contribution is -0.150. The minimum Gasteiger partial charge on any atom is -0.456 e. The van der Waals surface area contributed by atoms with Crippen LogP contribution in [0.2, 0.25) is 0 Å². The molecule has 0 fully saturated rings. The number of nitrogens with zero attached hydrogens (tertiary/aromatic N) is 1. The molecule has 0 saturated heterocycles. The lowest BCUT2D eigenvalue weighted by Gasteiger charge is -2.38. The zero-order valence-electron chi connectivity index (χ0n) is 20.1. The van der Waals surface area contributed by atoms with E-state index in [2.05, 4.69) is 4.98 Å². The van der Waals surface area contributed by atoms with Crippen LogP contribution >= 0.6 is 0 Å². The zero-order chi connectivity index (χ0) is 27.8. The standard InChI is InChI=1S/C27H22F7NO3/c1-14(17-10-18(26(29,30)31)12-19(11-17)27(32,33)34)37-22-13-23(38-15(2)36)25-21(4-3-9-35-25)24(22)16-5-7-20(28)8-6-16/h3-12,14,22-24H,13H2,1-2H3/t14-,22?,23?,24?/m1/s1. The van der Waals surface area contributed by atoms with Crippen molar-refractivity contribution in [3.05, 3.63) is 100 Å². The maximum Gasteiger partial charge on any atom is 0.416 e. The fourth-order valence-electron chi connectivity index (χ4n) is 4.68. The SMILES string of the molecule is CC(=O)OC1CC(O[C@H](C)c2cc(C(F)(F)F)cc(C(F)(F)F)c2)C(c2ccc(F)cc2)c2cccnc21. The topological polar surface area (TPSA) is 48.4 Å². The molecule has 11 heteroatoms. The van der Waals surface area contributed by atoms with Gasteiger partial charge in [0.25, 0.3) is 0 Å². The van der Waals surface area contributed by atoms with Crippen LogP contribution in [-0.2, 0) is 26.6 Å². The predicted molar refractivity (Wildman–Crippen MR) is 121 cm³/mol. The highest BCUT2D eigenvalue weighted by Crippen LogP contribution is 2.45. The summed E-state index contributed by atoms with van der Waals surface area (Å²) in [5.74, 6) is -1.73. The third-order valence-corrected chi connectivity index (χ3v) is 6.33. The van der Waals surface area contributed by atoms with Gasteiger partial charge in [0.15, 0.2) is 0 Å². The molecule has 202 valence electrons. The van der Waals surface area contributed by atoms with E-state index in [-0.39, 0.29) is 18.1 Å². The van der Waals surface area contributed by atoms with E-state index in [0.717, 1.165) is 0 Å². The Morgan fingerprint density at radius 3 is 2.13 bits per heavy atom. The summed E-state index contributed by atoms with van der Waals surface area (Å²) in [5, 5.41) is 0. The van der Waals surface area contributed by atoms with Gasteiger partial charge in [0.2, 0.25) is 0 Å². The minimum absolute atomic E-state index is 0.0149. The van der Waals surface area contributed by atoms with Crippen LogP contribution < -0.4 is 0 Å². The van der Waals surface area contributed by atoms with E-state index >= 15 is 0 Å². The van der Waals surface area contributed by atoms with E-state index in [1.807, 2.05) is 0 Å². The number of carbonyl (C=O) groups excluding carboxylic acids is 1. The van der Waals surface area contributed by atoms with Crippen LogP contribution in [-0.4, -0.2) is 17.1 Å². The maximum atomic E-state index is 13.7. The zero-order valence-corrected chi connectivity index (χ0v) is 20.1. The van der Waals surface area contributed by atoms with Crippen LogP contribution in [0.4, 0.5) is 30.7 Å². The Morgan fingerprint density at radius 2 is 1.58 bits per heavy atom. The number of carbonyl (C=O) groups is 1. The number of hydrogen-bond donors (Lipinski definition) is 0. The molecule has 0 spiro atoms. The number of halogens is 7. The van der Waals surface area contributed by atoms with E-state index < -0.39 is 59.5 Å². The summed E-state index contributed by atoms with van der Waals surface area (Å²) in [7, 11) is 0. The molecule has 0 aliphatic heterocycles. The number of fused-ring (bicyclic) bond motifs is 1. The number of pyridine rings is 1. The first kappa shape index (κ1) is 27.6. The molecule has 4 nitrogen and oxygen atoms in total. The number of alkyl halides is 6. The molecule has 4 atom stereocenters. The van der Waals surface area contributed by atoms with E-state index in [0.29, 0.717) is 29.0 Å². The second kappa shape index (κ2) is 10.4. The lowest BCUT2D eigenvalue weighted by Crippen LogP contribution is -2.34. The van der Waals surface area contributed by atoms with Gasteiger partial charge in [-0.1, -0.05) is 18.2 Å². The van der Waals surface area contributed by atoms with Gasteiger partial charge in [-0.25, -0.2) is 4.39 Å². The molecule has 2 aromatic carbocycles. The number of esters is 1. The summed E-state index contributed by atoms with van der Waals surface area (Å²) in [6, 6.07) is 10.1. The fourth-order valence-corrected chi connectivity index (χ4v) is 4.68. The Balaban J connectivity index is 1.77. The molecule has 0 saturated carbocycles. The third-order valence-electron chi connectivity index (χ3n) is 6.33. The number of hydrogen-bond acceptors (Lipinski definition) is 4. The number of rotatable bonds is 5. The summed E-state index contributed by atoms with van der Waals surface area (Å²) >= 11 is 0. The molecule has 0 N–H and O–H groups in total. The summed E-state index contributed by atoms with van der Waals surface area (Å²) in [5.41, 5.74) is -1.64. The molecular weight excluding hydrogens is 519 g/mol. The van der Waals surface area contributed by atoms with E-state index in [1.54, 1.807) is 12.1 Å². The third kappa shape index (κ3) is 5.98. The van der Waals surface area contributed by atoms with E-state index in [4.69, 9.17) is 9.47 Å². The van der Waals surface area contributed by atoms with Gasteiger partial charge in [0, 0.05) is 25.5 Å². The van der Waals surface area contributed by atoms with Crippen molar-refractivity contribution in [2.24, 2.45) is 0 Å². The highest BCUT2D eigenvalue weighted by molar-refractivity contribution is 5.66. The molecule has 0 radical (unpaired) electrons. The molecule has 3 aromatic rings. The van der Waals surface area contributed by atoms with Crippen LogP contribution in [0.25, 0.3) is 0 Å². The van der Waals surface area contributed by atoms with E-state index in [1.165, 1.54) is 44.3 Å². The second-order valence-electron chi connectivity index (χ2n) is 9.00. The normalized spacial score (nSPS) is 20.5. The molecule has 1 aliphatic carbocycles. The Hall–Kier alpha value is -3.47. The van der Waals surface area contributed by atoms with Crippen LogP contribution in [0.1, 0.15) is 71.9 Å². The van der Waals surface area contributed by atoms with Crippen molar-refractivity contribution in [1.82, 2.24) is 4.98 Å². The minimum atomic E-state index is -5.01. The first-order valence-corrected chi connectivity index (χ1v) is 11.6. The Labute approximate surface area is 213 Å². The summed E-state index contributed by atoms with van der Waals surface area (Å²) < 4.78 is 106. The molecule has 4 rings (SSSR count). The highest BCUT2D eigenvalue weighted by Gasteiger charge is 2.41. The molecule has 38 heavy (non-hydrogen) atoms. The second-order valence-corrected chi connectivity index (χ2v) is 9.00. The largest absolute Gasteiger partial charge is 0.456 e. The van der Waals surface area contributed by atoms with Gasteiger partial charge >= 0.3 is 18.3 Å². The summed E-state index contributed by atoms with van der Waals surface area (Å²) in [6.45, 7) is 2.55. The average Bonchev–Trinajstić information content (AvgIpc) is 2.83. The first-order chi connectivity index (χ1) is 17.7. The van der Waals surface area contributed by atoms with Gasteiger partial charge in [0.05, 0.1) is 29.0 Å². The summed E-state index contributed by atoms with van der Waals surface area (Å²) in [6.07, 6.45) is -11.5. The van der Waals surface area contributed by atoms with Crippen molar-refractivity contribution < 1.29 is 45.0 Å². The number of benzene rings is 2. The molecule has 0 bridgehead atoms. The molecule has 3 unspecified atom stereocenters. The first-order valence-electron chi connectivity index (χ1n) is 11.6. The van der Waals surface area contributed by atoms with Crippen LogP contribution in [0.15, 0.2) is 60.8 Å². The maximum absolute atomic E-state index is 13.7. The molecule has 1 heterocycles. The van der Waals surface area contributed by atoms with Gasteiger partial charge in [-0.05, 0) is 60.0 Å². The number of ether oxygens (including phenoxy) is 2. The van der Waals surface area contributed by atoms with Crippen LogP contribution in [0.5, 0.6) is 0 Å². The van der Waals surface area contributed by atoms with Gasteiger partial charge in [-0.2, -0.15) is 26.3 Å². The van der Waals surface area contributed by atoms with Crippen LogP contribution in [0, 0.1) is 5.82 Å². The quantitative estimate of drug-likeness (QED) is 0.247. The lowest BCUT2D eigenvalue weighted by atomic mass is 9.77. The molecule has 0 amide bonds. The van der Waals surface area contributed by atoms with Gasteiger partial charge < -0.3 is 9.47 Å². The van der Waals surface area contributed by atoms with Crippen molar-refractivity contribution in [3.8, 4) is 0 Å². The van der Waals surface area contributed by atoms with Gasteiger partial charge in [-0.15, -0.1) is 0 Å².